The van der Waals surface area contributed by atoms with E-state index in [-0.39, 0.29) is 11.9 Å². The zero-order valence-electron chi connectivity index (χ0n) is 9.45. The number of primary amides is 1. The fourth-order valence-electron chi connectivity index (χ4n) is 0.965. The predicted molar refractivity (Wildman–Crippen MR) is 58.5 cm³/mol. The standard InChI is InChI=1S/C9H20N4O2/c1-6(7(10)14)12-5-4-9(2,3)8(11)13-15/h6,12,15H,4-5H2,1-3H3,(H2,10,14)(H2,11,13). The second-order valence-electron chi connectivity index (χ2n) is 4.20. The Morgan fingerprint density at radius 1 is 1.53 bits per heavy atom. The van der Waals surface area contributed by atoms with Crippen LogP contribution in [-0.2, 0) is 4.79 Å². The Labute approximate surface area is 89.7 Å². The highest BCUT2D eigenvalue weighted by Crippen LogP contribution is 2.19. The lowest BCUT2D eigenvalue weighted by Gasteiger charge is -2.23. The SMILES string of the molecule is CC(NCCC(C)(C)C(N)=NO)C(N)=O. The summed E-state index contributed by atoms with van der Waals surface area (Å²) in [6, 6.07) is -0.368. The highest BCUT2D eigenvalue weighted by Gasteiger charge is 2.23. The number of carbonyl (C=O) groups excluding carboxylic acids is 1. The second-order valence-corrected chi connectivity index (χ2v) is 4.20. The number of oxime groups is 1. The van der Waals surface area contributed by atoms with E-state index in [1.165, 1.54) is 0 Å². The first-order valence-electron chi connectivity index (χ1n) is 4.82. The number of nitrogens with zero attached hydrogens (tertiary/aromatic N) is 1. The van der Waals surface area contributed by atoms with Gasteiger partial charge in [-0.15, -0.1) is 0 Å². The minimum absolute atomic E-state index is 0.177. The molecule has 0 aliphatic rings. The van der Waals surface area contributed by atoms with Crippen LogP contribution >= 0.6 is 0 Å². The lowest BCUT2D eigenvalue weighted by atomic mass is 9.88. The van der Waals surface area contributed by atoms with Gasteiger partial charge >= 0.3 is 0 Å². The van der Waals surface area contributed by atoms with Crippen LogP contribution in [0.4, 0.5) is 0 Å². The Kier molecular flexibility index (Phi) is 5.07. The summed E-state index contributed by atoms with van der Waals surface area (Å²) in [7, 11) is 0. The molecule has 88 valence electrons. The molecule has 0 aliphatic carbocycles. The third-order valence-corrected chi connectivity index (χ3v) is 2.43. The van der Waals surface area contributed by atoms with Gasteiger partial charge in [-0.25, -0.2) is 0 Å². The highest BCUT2D eigenvalue weighted by atomic mass is 16.4. The van der Waals surface area contributed by atoms with Crippen LogP contribution in [0.5, 0.6) is 0 Å². The molecule has 0 saturated heterocycles. The Morgan fingerprint density at radius 2 is 2.07 bits per heavy atom. The van der Waals surface area contributed by atoms with Gasteiger partial charge in [0, 0.05) is 5.41 Å². The van der Waals surface area contributed by atoms with Gasteiger partial charge in [0.05, 0.1) is 6.04 Å². The number of carbonyl (C=O) groups is 1. The van der Waals surface area contributed by atoms with E-state index in [1.54, 1.807) is 6.92 Å². The average Bonchev–Trinajstić information content (AvgIpc) is 2.15. The van der Waals surface area contributed by atoms with Crippen LogP contribution in [0.25, 0.3) is 0 Å². The Bertz CT molecular complexity index is 250. The van der Waals surface area contributed by atoms with Crippen molar-refractivity contribution in [1.82, 2.24) is 5.32 Å². The summed E-state index contributed by atoms with van der Waals surface area (Å²) in [4.78, 5) is 10.7. The molecule has 0 aliphatic heterocycles. The maximum atomic E-state index is 10.7. The van der Waals surface area contributed by atoms with Crippen LogP contribution in [0.2, 0.25) is 0 Å². The molecule has 6 heteroatoms. The van der Waals surface area contributed by atoms with Gasteiger partial charge in [0.25, 0.3) is 0 Å². The number of amidine groups is 1. The molecular weight excluding hydrogens is 196 g/mol. The normalized spacial score (nSPS) is 15.0. The number of nitrogens with one attached hydrogen (secondary N) is 1. The maximum Gasteiger partial charge on any atom is 0.234 e. The first-order chi connectivity index (χ1) is 6.81. The predicted octanol–water partition coefficient (Wildman–Crippen LogP) is -0.387. The number of amides is 1. The molecule has 6 nitrogen and oxygen atoms in total. The molecule has 0 aromatic rings. The molecular formula is C9H20N4O2. The largest absolute Gasteiger partial charge is 0.409 e. The molecule has 0 bridgehead atoms. The molecule has 1 unspecified atom stereocenters. The quantitative estimate of drug-likeness (QED) is 0.209. The Balaban J connectivity index is 4.01. The zero-order valence-corrected chi connectivity index (χ0v) is 9.45. The van der Waals surface area contributed by atoms with Gasteiger partial charge in [0.1, 0.15) is 5.84 Å². The van der Waals surface area contributed by atoms with Crippen molar-refractivity contribution in [2.24, 2.45) is 22.0 Å². The van der Waals surface area contributed by atoms with Gasteiger partial charge in [-0.2, -0.15) is 0 Å². The second kappa shape index (κ2) is 5.55. The lowest BCUT2D eigenvalue weighted by molar-refractivity contribution is -0.119. The molecule has 1 atom stereocenters. The van der Waals surface area contributed by atoms with E-state index in [9.17, 15) is 4.79 Å². The van der Waals surface area contributed by atoms with Gasteiger partial charge in [0.2, 0.25) is 5.91 Å². The number of rotatable bonds is 6. The summed E-state index contributed by atoms with van der Waals surface area (Å²) in [6.45, 7) is 5.99. The van der Waals surface area contributed by atoms with Crippen LogP contribution < -0.4 is 16.8 Å². The van der Waals surface area contributed by atoms with Crippen molar-refractivity contribution in [3.8, 4) is 0 Å². The number of nitrogens with two attached hydrogens (primary N) is 2. The first kappa shape index (κ1) is 13.7. The number of hydrogen-bond acceptors (Lipinski definition) is 4. The smallest absolute Gasteiger partial charge is 0.234 e. The third kappa shape index (κ3) is 4.64. The first-order valence-corrected chi connectivity index (χ1v) is 4.82. The fourth-order valence-corrected chi connectivity index (χ4v) is 0.965. The summed E-state index contributed by atoms with van der Waals surface area (Å²) in [6.07, 6.45) is 0.653. The van der Waals surface area contributed by atoms with Crippen molar-refractivity contribution in [1.29, 1.82) is 0 Å². The van der Waals surface area contributed by atoms with Gasteiger partial charge < -0.3 is 22.0 Å². The minimum atomic E-state index is -0.404. The van der Waals surface area contributed by atoms with Crippen molar-refractivity contribution in [2.45, 2.75) is 33.2 Å². The molecule has 6 N–H and O–H groups in total. The summed E-state index contributed by atoms with van der Waals surface area (Å²) < 4.78 is 0. The van der Waals surface area contributed by atoms with E-state index in [2.05, 4.69) is 10.5 Å². The van der Waals surface area contributed by atoms with Crippen LogP contribution in [0.15, 0.2) is 5.16 Å². The molecule has 0 rings (SSSR count). The average molecular weight is 216 g/mol. The molecule has 0 spiro atoms. The number of hydrogen-bond donors (Lipinski definition) is 4. The highest BCUT2D eigenvalue weighted by molar-refractivity contribution is 5.85. The Morgan fingerprint density at radius 3 is 2.47 bits per heavy atom. The maximum absolute atomic E-state index is 10.7. The molecule has 0 fully saturated rings. The van der Waals surface area contributed by atoms with Crippen LogP contribution in [0.1, 0.15) is 27.2 Å². The van der Waals surface area contributed by atoms with E-state index < -0.39 is 11.3 Å². The Hall–Kier alpha value is -1.30. The van der Waals surface area contributed by atoms with Crippen LogP contribution in [-0.4, -0.2) is 29.5 Å². The summed E-state index contributed by atoms with van der Waals surface area (Å²) in [5, 5.41) is 14.5. The molecule has 0 saturated carbocycles. The van der Waals surface area contributed by atoms with Gasteiger partial charge in [-0.05, 0) is 19.9 Å². The summed E-state index contributed by atoms with van der Waals surface area (Å²) >= 11 is 0. The van der Waals surface area contributed by atoms with Crippen molar-refractivity contribution >= 4 is 11.7 Å². The lowest BCUT2D eigenvalue weighted by Crippen LogP contribution is -2.41. The van der Waals surface area contributed by atoms with Crippen molar-refractivity contribution in [3.05, 3.63) is 0 Å². The molecule has 0 radical (unpaired) electrons. The van der Waals surface area contributed by atoms with Crippen molar-refractivity contribution < 1.29 is 10.0 Å². The topological polar surface area (TPSA) is 114 Å². The van der Waals surface area contributed by atoms with Crippen molar-refractivity contribution in [2.75, 3.05) is 6.54 Å². The molecule has 0 heterocycles. The van der Waals surface area contributed by atoms with Gasteiger partial charge in [-0.1, -0.05) is 19.0 Å². The molecule has 15 heavy (non-hydrogen) atoms. The van der Waals surface area contributed by atoms with Gasteiger partial charge in [0.15, 0.2) is 0 Å². The van der Waals surface area contributed by atoms with E-state index in [1.807, 2.05) is 13.8 Å². The van der Waals surface area contributed by atoms with Crippen LogP contribution in [0, 0.1) is 5.41 Å². The third-order valence-electron chi connectivity index (χ3n) is 2.43. The van der Waals surface area contributed by atoms with Crippen LogP contribution in [0.3, 0.4) is 0 Å². The van der Waals surface area contributed by atoms with E-state index in [4.69, 9.17) is 16.7 Å². The molecule has 0 aromatic heterocycles. The monoisotopic (exact) mass is 216 g/mol. The van der Waals surface area contributed by atoms with E-state index >= 15 is 0 Å². The van der Waals surface area contributed by atoms with Gasteiger partial charge in [-0.3, -0.25) is 4.79 Å². The van der Waals surface area contributed by atoms with E-state index in [0.29, 0.717) is 13.0 Å². The summed E-state index contributed by atoms with van der Waals surface area (Å²) in [5.41, 5.74) is 10.2. The molecule has 0 aromatic carbocycles. The molecule has 1 amide bonds. The van der Waals surface area contributed by atoms with Crippen molar-refractivity contribution in [3.63, 3.8) is 0 Å². The van der Waals surface area contributed by atoms with E-state index in [0.717, 1.165) is 0 Å². The zero-order chi connectivity index (χ0) is 12.1. The summed E-state index contributed by atoms with van der Waals surface area (Å²) in [5.74, 6) is -0.215. The fraction of sp³-hybridized carbons (Fsp3) is 0.778. The minimum Gasteiger partial charge on any atom is -0.409 e.